The number of carbonyl (C=O) groups is 1. The van der Waals surface area contributed by atoms with Gasteiger partial charge in [0.15, 0.2) is 11.5 Å². The number of amides is 1. The molecule has 14 heteroatoms. The molecule has 2 aromatic heterocycles. The van der Waals surface area contributed by atoms with E-state index in [9.17, 15) is 18.0 Å². The van der Waals surface area contributed by atoms with Crippen molar-refractivity contribution in [3.8, 4) is 17.2 Å². The molecule has 5 rings (SSSR count). The van der Waals surface area contributed by atoms with Gasteiger partial charge >= 0.3 is 6.18 Å². The molecule has 2 aromatic carbocycles. The van der Waals surface area contributed by atoms with Crippen LogP contribution in [0.25, 0.3) is 11.0 Å². The van der Waals surface area contributed by atoms with E-state index >= 15 is 0 Å². The monoisotopic (exact) mass is 698 g/mol. The summed E-state index contributed by atoms with van der Waals surface area (Å²) >= 11 is 0. The molecule has 1 saturated heterocycles. The third-order valence-corrected chi connectivity index (χ3v) is 8.88. The van der Waals surface area contributed by atoms with Crippen molar-refractivity contribution in [2.75, 3.05) is 85.8 Å². The van der Waals surface area contributed by atoms with Crippen LogP contribution in [0, 0.1) is 0 Å². The third-order valence-electron chi connectivity index (χ3n) is 8.88. The minimum atomic E-state index is -4.37. The predicted octanol–water partition coefficient (Wildman–Crippen LogP) is 5.49. The zero-order chi connectivity index (χ0) is 35.7. The van der Waals surface area contributed by atoms with Crippen molar-refractivity contribution in [1.82, 2.24) is 24.3 Å². The Labute approximate surface area is 290 Å². The Hall–Kier alpha value is -4.56. The van der Waals surface area contributed by atoms with Gasteiger partial charge in [0.25, 0.3) is 5.91 Å². The summed E-state index contributed by atoms with van der Waals surface area (Å²) in [7, 11) is 6.34. The molecule has 0 spiro atoms. The summed E-state index contributed by atoms with van der Waals surface area (Å²) in [6, 6.07) is 16.8. The number of benzene rings is 2. The van der Waals surface area contributed by atoms with Crippen molar-refractivity contribution in [2.45, 2.75) is 31.5 Å². The van der Waals surface area contributed by atoms with Crippen LogP contribution in [-0.2, 0) is 11.3 Å². The Bertz CT molecular complexity index is 1680. The fourth-order valence-corrected chi connectivity index (χ4v) is 6.39. The number of fused-ring (bicyclic) bond motifs is 1. The molecule has 0 N–H and O–H groups in total. The van der Waals surface area contributed by atoms with Crippen LogP contribution < -0.4 is 19.1 Å². The third kappa shape index (κ3) is 9.16. The molecule has 1 aliphatic rings. The van der Waals surface area contributed by atoms with Gasteiger partial charge in [-0.3, -0.25) is 9.78 Å². The number of carbonyl (C=O) groups excluding carboxylic acids is 1. The van der Waals surface area contributed by atoms with Crippen LogP contribution in [-0.4, -0.2) is 117 Å². The topological polar surface area (TPSA) is 94.4 Å². The van der Waals surface area contributed by atoms with E-state index < -0.39 is 12.8 Å². The fraction of sp³-hybridized carbons (Fsp3) is 0.472. The zero-order valence-electron chi connectivity index (χ0n) is 29.0. The van der Waals surface area contributed by atoms with Crippen LogP contribution >= 0.6 is 0 Å². The number of aromatic nitrogens is 3. The quantitative estimate of drug-likeness (QED) is 0.149. The highest BCUT2D eigenvalue weighted by Crippen LogP contribution is 2.38. The van der Waals surface area contributed by atoms with Crippen LogP contribution in [0.3, 0.4) is 0 Å². The molecule has 1 aliphatic heterocycles. The summed E-state index contributed by atoms with van der Waals surface area (Å²) in [4.78, 5) is 29.5. The van der Waals surface area contributed by atoms with Crippen molar-refractivity contribution >= 4 is 22.9 Å². The molecule has 270 valence electrons. The molecular formula is C36H45F3N6O5. The van der Waals surface area contributed by atoms with E-state index in [-0.39, 0.29) is 25.0 Å². The molecule has 4 aromatic rings. The maximum absolute atomic E-state index is 13.7. The van der Waals surface area contributed by atoms with Gasteiger partial charge in [0.2, 0.25) is 11.7 Å². The Morgan fingerprint density at radius 3 is 2.36 bits per heavy atom. The number of anilines is 1. The number of ether oxygens (including phenoxy) is 4. The standard InChI is InChI=1S/C36H45F3N6O5/c1-42(34(46)27-22-31(47-2)33(49-4)32(23-27)48-3)24-26(28-10-7-8-14-40-28)13-17-43-15-9-16-44(19-18-43)35-41-29-11-5-6-12-30(29)45(35)20-21-50-25-36(37,38)39/h5-8,10-12,14,22-23,26H,9,13,15-21,24-25H2,1-4H3. The van der Waals surface area contributed by atoms with E-state index in [0.717, 1.165) is 61.7 Å². The molecule has 11 nitrogen and oxygen atoms in total. The van der Waals surface area contributed by atoms with Crippen LogP contribution in [0.5, 0.6) is 17.2 Å². The molecule has 0 aliphatic carbocycles. The van der Waals surface area contributed by atoms with Crippen molar-refractivity contribution in [3.63, 3.8) is 0 Å². The lowest BCUT2D eigenvalue weighted by Gasteiger charge is -2.27. The first kappa shape index (κ1) is 36.7. The number of imidazole rings is 1. The summed E-state index contributed by atoms with van der Waals surface area (Å²) in [6.45, 7) is 3.29. The number of alkyl halides is 3. The second-order valence-corrected chi connectivity index (χ2v) is 12.2. The van der Waals surface area contributed by atoms with Gasteiger partial charge in [-0.25, -0.2) is 4.98 Å². The van der Waals surface area contributed by atoms with Crippen molar-refractivity contribution in [3.05, 3.63) is 72.1 Å². The maximum atomic E-state index is 13.7. The molecule has 0 saturated carbocycles. The number of rotatable bonds is 15. The van der Waals surface area contributed by atoms with Crippen molar-refractivity contribution in [2.24, 2.45) is 0 Å². The van der Waals surface area contributed by atoms with E-state index in [0.29, 0.717) is 35.9 Å². The van der Waals surface area contributed by atoms with E-state index in [1.807, 2.05) is 47.0 Å². The van der Waals surface area contributed by atoms with Gasteiger partial charge in [-0.15, -0.1) is 0 Å². The van der Waals surface area contributed by atoms with E-state index in [1.54, 1.807) is 30.3 Å². The molecule has 1 fully saturated rings. The summed E-state index contributed by atoms with van der Waals surface area (Å²) in [6.07, 6.45) is -0.929. The van der Waals surface area contributed by atoms with E-state index in [1.165, 1.54) is 21.3 Å². The second kappa shape index (κ2) is 16.9. The molecule has 50 heavy (non-hydrogen) atoms. The molecule has 1 unspecified atom stereocenters. The predicted molar refractivity (Wildman–Crippen MR) is 185 cm³/mol. The summed E-state index contributed by atoms with van der Waals surface area (Å²) in [5, 5.41) is 0. The Morgan fingerprint density at radius 2 is 1.68 bits per heavy atom. The molecule has 1 atom stereocenters. The number of halogens is 3. The van der Waals surface area contributed by atoms with Crippen molar-refractivity contribution < 1.29 is 36.9 Å². The molecule has 1 amide bonds. The van der Waals surface area contributed by atoms with Gasteiger partial charge in [0, 0.05) is 63.1 Å². The Morgan fingerprint density at radius 1 is 0.940 bits per heavy atom. The Balaban J connectivity index is 1.25. The summed E-state index contributed by atoms with van der Waals surface area (Å²) in [5.41, 5.74) is 2.99. The van der Waals surface area contributed by atoms with Gasteiger partial charge in [0.05, 0.1) is 39.0 Å². The number of para-hydroxylation sites is 2. The smallest absolute Gasteiger partial charge is 0.411 e. The molecular weight excluding hydrogens is 653 g/mol. The molecule has 3 heterocycles. The van der Waals surface area contributed by atoms with Gasteiger partial charge < -0.3 is 38.2 Å². The van der Waals surface area contributed by atoms with Gasteiger partial charge in [-0.1, -0.05) is 18.2 Å². The minimum Gasteiger partial charge on any atom is -0.493 e. The largest absolute Gasteiger partial charge is 0.493 e. The van der Waals surface area contributed by atoms with Crippen LogP contribution in [0.15, 0.2) is 60.8 Å². The summed E-state index contributed by atoms with van der Waals surface area (Å²) < 4.78 is 61.3. The molecule has 0 bridgehead atoms. The van der Waals surface area contributed by atoms with E-state index in [4.69, 9.17) is 23.9 Å². The fourth-order valence-electron chi connectivity index (χ4n) is 6.39. The lowest BCUT2D eigenvalue weighted by atomic mass is 9.99. The lowest BCUT2D eigenvalue weighted by Crippen LogP contribution is -2.35. The highest BCUT2D eigenvalue weighted by molar-refractivity contribution is 5.95. The second-order valence-electron chi connectivity index (χ2n) is 12.2. The van der Waals surface area contributed by atoms with Gasteiger partial charge in [0.1, 0.15) is 6.61 Å². The van der Waals surface area contributed by atoms with E-state index in [2.05, 4.69) is 14.8 Å². The SMILES string of the molecule is COc1cc(C(=O)N(C)CC(CCN2CCCN(c3nc4ccccc4n3CCOCC(F)(F)F)CC2)c2ccccn2)cc(OC)c1OC. The van der Waals surface area contributed by atoms with Gasteiger partial charge in [-0.2, -0.15) is 13.2 Å². The highest BCUT2D eigenvalue weighted by atomic mass is 19.4. The average Bonchev–Trinajstić information content (AvgIpc) is 3.32. The number of likely N-dealkylation sites (N-methyl/N-ethyl adjacent to an activating group) is 1. The van der Waals surface area contributed by atoms with Crippen LogP contribution in [0.2, 0.25) is 0 Å². The Kier molecular flexibility index (Phi) is 12.4. The summed E-state index contributed by atoms with van der Waals surface area (Å²) in [5.74, 6) is 1.77. The average molecular weight is 699 g/mol. The number of methoxy groups -OCH3 is 3. The maximum Gasteiger partial charge on any atom is 0.411 e. The molecule has 0 radical (unpaired) electrons. The first-order valence-corrected chi connectivity index (χ1v) is 16.6. The minimum absolute atomic E-state index is 0.0209. The first-order chi connectivity index (χ1) is 24.1. The number of hydrogen-bond donors (Lipinski definition) is 0. The highest BCUT2D eigenvalue weighted by Gasteiger charge is 2.28. The number of nitrogens with zero attached hydrogens (tertiary/aromatic N) is 6. The van der Waals surface area contributed by atoms with Gasteiger partial charge in [-0.05, 0) is 62.3 Å². The normalized spacial score (nSPS) is 14.7. The van der Waals surface area contributed by atoms with Crippen molar-refractivity contribution in [1.29, 1.82) is 0 Å². The first-order valence-electron chi connectivity index (χ1n) is 16.6. The zero-order valence-corrected chi connectivity index (χ0v) is 29.0. The number of hydrogen-bond acceptors (Lipinski definition) is 9. The van der Waals surface area contributed by atoms with Crippen LogP contribution in [0.1, 0.15) is 34.8 Å². The number of pyridine rings is 1. The van der Waals surface area contributed by atoms with Crippen LogP contribution in [0.4, 0.5) is 19.1 Å². The lowest BCUT2D eigenvalue weighted by molar-refractivity contribution is -0.174.